The first-order chi connectivity index (χ1) is 10.0. The van der Waals surface area contributed by atoms with Gasteiger partial charge in [-0.05, 0) is 30.7 Å². The number of aromatic nitrogens is 1. The van der Waals surface area contributed by atoms with E-state index < -0.39 is 4.92 Å². The Morgan fingerprint density at radius 3 is 2.81 bits per heavy atom. The molecule has 0 aliphatic carbocycles. The lowest BCUT2D eigenvalue weighted by Crippen LogP contribution is -2.05. The summed E-state index contributed by atoms with van der Waals surface area (Å²) in [5, 5.41) is 19.8. The Morgan fingerprint density at radius 2 is 2.19 bits per heavy atom. The van der Waals surface area contributed by atoms with Crippen LogP contribution in [-0.4, -0.2) is 9.91 Å². The number of nitro groups is 1. The number of nitrogens with two attached hydrogens (primary N) is 1. The molecule has 2 N–H and O–H groups in total. The third kappa shape index (κ3) is 3.32. The average Bonchev–Trinajstić information content (AvgIpc) is 2.47. The fourth-order valence-electron chi connectivity index (χ4n) is 1.69. The Bertz CT molecular complexity index is 722. The zero-order valence-corrected chi connectivity index (χ0v) is 11.2. The number of rotatable bonds is 4. The summed E-state index contributed by atoms with van der Waals surface area (Å²) in [5.41, 5.74) is 6.46. The molecule has 0 aliphatic rings. The smallest absolute Gasteiger partial charge is 0.312 e. The number of pyridine rings is 1. The van der Waals surface area contributed by atoms with E-state index in [1.807, 2.05) is 13.0 Å². The molecule has 0 bridgehead atoms. The molecule has 1 heterocycles. The van der Waals surface area contributed by atoms with Crippen molar-refractivity contribution in [2.24, 2.45) is 5.73 Å². The second kappa shape index (κ2) is 5.98. The fraction of sp³-hybridized carbons (Fsp3) is 0.143. The largest absolute Gasteiger partial charge is 0.432 e. The molecular weight excluding hydrogens is 272 g/mol. The molecule has 0 unspecified atom stereocenters. The number of nitro benzene ring substituents is 1. The standard InChI is InChI=1S/C14H12N4O3/c1-9(16)11-4-5-17-14(7-11)21-13-3-2-10(8-15)6-12(13)18(19)20/h2-7,9H,16H2,1H3/t9-/m1/s1. The van der Waals surface area contributed by atoms with Crippen LogP contribution >= 0.6 is 0 Å². The van der Waals surface area contributed by atoms with Gasteiger partial charge in [-0.2, -0.15) is 5.26 Å². The molecule has 0 radical (unpaired) electrons. The number of nitrogens with zero attached hydrogens (tertiary/aromatic N) is 3. The molecular formula is C14H12N4O3. The van der Waals surface area contributed by atoms with Crippen LogP contribution in [0.15, 0.2) is 36.5 Å². The zero-order valence-electron chi connectivity index (χ0n) is 11.2. The molecule has 106 valence electrons. The topological polar surface area (TPSA) is 115 Å². The highest BCUT2D eigenvalue weighted by atomic mass is 16.6. The van der Waals surface area contributed by atoms with Gasteiger partial charge in [-0.1, -0.05) is 0 Å². The van der Waals surface area contributed by atoms with E-state index in [1.54, 1.807) is 12.1 Å². The highest BCUT2D eigenvalue weighted by Gasteiger charge is 2.17. The molecule has 1 aromatic carbocycles. The number of ether oxygens (including phenoxy) is 1. The van der Waals surface area contributed by atoms with E-state index in [2.05, 4.69) is 4.98 Å². The Balaban J connectivity index is 2.38. The summed E-state index contributed by atoms with van der Waals surface area (Å²) < 4.78 is 5.44. The maximum Gasteiger partial charge on any atom is 0.312 e. The van der Waals surface area contributed by atoms with Crippen LogP contribution in [0.2, 0.25) is 0 Å². The van der Waals surface area contributed by atoms with E-state index in [-0.39, 0.29) is 28.9 Å². The van der Waals surface area contributed by atoms with E-state index in [4.69, 9.17) is 15.7 Å². The lowest BCUT2D eigenvalue weighted by Gasteiger charge is -2.09. The van der Waals surface area contributed by atoms with Crippen molar-refractivity contribution in [3.8, 4) is 17.7 Å². The predicted molar refractivity (Wildman–Crippen MR) is 74.7 cm³/mol. The van der Waals surface area contributed by atoms with Gasteiger partial charge >= 0.3 is 5.69 Å². The van der Waals surface area contributed by atoms with Gasteiger partial charge < -0.3 is 10.5 Å². The Morgan fingerprint density at radius 1 is 1.43 bits per heavy atom. The van der Waals surface area contributed by atoms with Gasteiger partial charge in [0.15, 0.2) is 0 Å². The number of hydrogen-bond donors (Lipinski definition) is 1. The van der Waals surface area contributed by atoms with E-state index in [0.717, 1.165) is 11.6 Å². The summed E-state index contributed by atoms with van der Waals surface area (Å²) in [7, 11) is 0. The van der Waals surface area contributed by atoms with Crippen molar-refractivity contribution < 1.29 is 9.66 Å². The van der Waals surface area contributed by atoms with E-state index in [1.165, 1.54) is 18.3 Å². The summed E-state index contributed by atoms with van der Waals surface area (Å²) >= 11 is 0. The van der Waals surface area contributed by atoms with Crippen molar-refractivity contribution in [1.82, 2.24) is 4.98 Å². The molecule has 0 aliphatic heterocycles. The maximum atomic E-state index is 11.0. The van der Waals surface area contributed by atoms with Gasteiger partial charge in [0.05, 0.1) is 16.6 Å². The molecule has 0 saturated carbocycles. The second-order valence-electron chi connectivity index (χ2n) is 4.37. The predicted octanol–water partition coefficient (Wildman–Crippen LogP) is 2.67. The SMILES string of the molecule is C[C@@H](N)c1ccnc(Oc2ccc(C#N)cc2[N+](=O)[O-])c1. The first-order valence-corrected chi connectivity index (χ1v) is 6.09. The molecule has 0 amide bonds. The van der Waals surface area contributed by atoms with E-state index in [0.29, 0.717) is 0 Å². The van der Waals surface area contributed by atoms with Gasteiger partial charge in [-0.3, -0.25) is 10.1 Å². The van der Waals surface area contributed by atoms with Crippen LogP contribution < -0.4 is 10.5 Å². The highest BCUT2D eigenvalue weighted by Crippen LogP contribution is 2.31. The Labute approximate surface area is 120 Å². The molecule has 7 heteroatoms. The van der Waals surface area contributed by atoms with Crippen molar-refractivity contribution in [3.05, 3.63) is 57.8 Å². The summed E-state index contributed by atoms with van der Waals surface area (Å²) in [5.74, 6) is 0.228. The van der Waals surface area contributed by atoms with Crippen LogP contribution in [0.1, 0.15) is 24.1 Å². The third-order valence-electron chi connectivity index (χ3n) is 2.78. The molecule has 1 aromatic heterocycles. The molecule has 0 saturated heterocycles. The minimum Gasteiger partial charge on any atom is -0.432 e. The normalized spacial score (nSPS) is 11.5. The van der Waals surface area contributed by atoms with Crippen molar-refractivity contribution in [1.29, 1.82) is 5.26 Å². The molecule has 2 aromatic rings. The minimum atomic E-state index is -0.606. The maximum absolute atomic E-state index is 11.0. The van der Waals surface area contributed by atoms with Crippen LogP contribution in [0, 0.1) is 21.4 Å². The van der Waals surface area contributed by atoms with Crippen LogP contribution in [0.5, 0.6) is 11.6 Å². The average molecular weight is 284 g/mol. The van der Waals surface area contributed by atoms with Crippen LogP contribution in [-0.2, 0) is 0 Å². The van der Waals surface area contributed by atoms with Gasteiger partial charge in [0, 0.05) is 24.4 Å². The molecule has 21 heavy (non-hydrogen) atoms. The monoisotopic (exact) mass is 284 g/mol. The number of hydrogen-bond acceptors (Lipinski definition) is 6. The summed E-state index contributed by atoms with van der Waals surface area (Å²) in [6.07, 6.45) is 1.52. The minimum absolute atomic E-state index is 0.0216. The first kappa shape index (κ1) is 14.4. The Kier molecular flexibility index (Phi) is 4.11. The lowest BCUT2D eigenvalue weighted by atomic mass is 10.1. The third-order valence-corrected chi connectivity index (χ3v) is 2.78. The van der Waals surface area contributed by atoms with Gasteiger partial charge in [-0.25, -0.2) is 4.98 Å². The zero-order chi connectivity index (χ0) is 15.4. The molecule has 1 atom stereocenters. The van der Waals surface area contributed by atoms with Crippen molar-refractivity contribution in [2.75, 3.05) is 0 Å². The van der Waals surface area contributed by atoms with Crippen LogP contribution in [0.4, 0.5) is 5.69 Å². The summed E-state index contributed by atoms with van der Waals surface area (Å²) in [4.78, 5) is 14.4. The number of nitriles is 1. The lowest BCUT2D eigenvalue weighted by molar-refractivity contribution is -0.385. The van der Waals surface area contributed by atoms with E-state index >= 15 is 0 Å². The Hall–Kier alpha value is -2.98. The second-order valence-corrected chi connectivity index (χ2v) is 4.37. The van der Waals surface area contributed by atoms with Crippen LogP contribution in [0.3, 0.4) is 0 Å². The van der Waals surface area contributed by atoms with Gasteiger partial charge in [-0.15, -0.1) is 0 Å². The van der Waals surface area contributed by atoms with Gasteiger partial charge in [0.1, 0.15) is 0 Å². The molecule has 0 fully saturated rings. The van der Waals surface area contributed by atoms with E-state index in [9.17, 15) is 10.1 Å². The van der Waals surface area contributed by atoms with Gasteiger partial charge in [0.2, 0.25) is 11.6 Å². The quantitative estimate of drug-likeness (QED) is 0.681. The summed E-state index contributed by atoms with van der Waals surface area (Å²) in [6.45, 7) is 1.81. The molecule has 7 nitrogen and oxygen atoms in total. The molecule has 0 spiro atoms. The highest BCUT2D eigenvalue weighted by molar-refractivity contribution is 5.52. The van der Waals surface area contributed by atoms with Crippen molar-refractivity contribution in [3.63, 3.8) is 0 Å². The fourth-order valence-corrected chi connectivity index (χ4v) is 1.69. The van der Waals surface area contributed by atoms with Crippen molar-refractivity contribution in [2.45, 2.75) is 13.0 Å². The number of benzene rings is 1. The molecule has 2 rings (SSSR count). The summed E-state index contributed by atoms with van der Waals surface area (Å²) in [6, 6.07) is 8.97. The van der Waals surface area contributed by atoms with Gasteiger partial charge in [0.25, 0.3) is 0 Å². The van der Waals surface area contributed by atoms with Crippen LogP contribution in [0.25, 0.3) is 0 Å². The van der Waals surface area contributed by atoms with Crippen molar-refractivity contribution >= 4 is 5.69 Å². The first-order valence-electron chi connectivity index (χ1n) is 6.09.